The lowest BCUT2D eigenvalue weighted by atomic mass is 10.2. The molecule has 0 fully saturated rings. The van der Waals surface area contributed by atoms with Crippen LogP contribution in [0.4, 0.5) is 5.69 Å². The van der Waals surface area contributed by atoms with Gasteiger partial charge in [0.15, 0.2) is 6.10 Å². The van der Waals surface area contributed by atoms with Crippen molar-refractivity contribution >= 4 is 23.4 Å². The highest BCUT2D eigenvalue weighted by Crippen LogP contribution is 2.21. The van der Waals surface area contributed by atoms with Gasteiger partial charge in [-0.15, -0.1) is 11.8 Å². The van der Waals surface area contributed by atoms with Crippen molar-refractivity contribution in [2.75, 3.05) is 18.7 Å². The molecule has 0 radical (unpaired) electrons. The van der Waals surface area contributed by atoms with E-state index in [1.54, 1.807) is 31.0 Å². The van der Waals surface area contributed by atoms with Crippen molar-refractivity contribution in [3.8, 4) is 11.5 Å². The SMILES string of the molecule is CC[C@H](Oc1ccc(OC)cc1)C(=O)Nc1cccc(SC)c1. The number of hydrogen-bond donors (Lipinski definition) is 1. The zero-order valence-electron chi connectivity index (χ0n) is 13.5. The number of hydrogen-bond acceptors (Lipinski definition) is 4. The molecule has 0 unspecified atom stereocenters. The van der Waals surface area contributed by atoms with E-state index in [9.17, 15) is 4.79 Å². The predicted octanol–water partition coefficient (Wildman–Crippen LogP) is 4.21. The molecule has 0 spiro atoms. The number of ether oxygens (including phenoxy) is 2. The van der Waals surface area contributed by atoms with Gasteiger partial charge in [0.25, 0.3) is 5.91 Å². The van der Waals surface area contributed by atoms with Gasteiger partial charge in [-0.25, -0.2) is 0 Å². The molecule has 122 valence electrons. The van der Waals surface area contributed by atoms with E-state index in [1.165, 1.54) is 0 Å². The predicted molar refractivity (Wildman–Crippen MR) is 94.6 cm³/mol. The Hall–Kier alpha value is -2.14. The molecule has 2 aromatic carbocycles. The van der Waals surface area contributed by atoms with Gasteiger partial charge in [-0.2, -0.15) is 0 Å². The summed E-state index contributed by atoms with van der Waals surface area (Å²) < 4.78 is 10.9. The Labute approximate surface area is 141 Å². The van der Waals surface area contributed by atoms with Crippen LogP contribution in [-0.4, -0.2) is 25.4 Å². The molecule has 0 saturated carbocycles. The fourth-order valence-electron chi connectivity index (χ4n) is 2.06. The number of methoxy groups -OCH3 is 1. The van der Waals surface area contributed by atoms with Crippen molar-refractivity contribution in [1.29, 1.82) is 0 Å². The van der Waals surface area contributed by atoms with Gasteiger partial charge >= 0.3 is 0 Å². The largest absolute Gasteiger partial charge is 0.497 e. The summed E-state index contributed by atoms with van der Waals surface area (Å²) in [5.74, 6) is 1.25. The van der Waals surface area contributed by atoms with Crippen LogP contribution >= 0.6 is 11.8 Å². The van der Waals surface area contributed by atoms with Crippen molar-refractivity contribution in [2.45, 2.75) is 24.3 Å². The van der Waals surface area contributed by atoms with Gasteiger partial charge in [0, 0.05) is 10.6 Å². The maximum absolute atomic E-state index is 12.4. The van der Waals surface area contributed by atoms with Crippen molar-refractivity contribution in [3.05, 3.63) is 48.5 Å². The van der Waals surface area contributed by atoms with Crippen LogP contribution in [0.3, 0.4) is 0 Å². The summed E-state index contributed by atoms with van der Waals surface area (Å²) in [5.41, 5.74) is 0.777. The molecule has 1 amide bonds. The van der Waals surface area contributed by atoms with E-state index < -0.39 is 6.10 Å². The van der Waals surface area contributed by atoms with Gasteiger partial charge < -0.3 is 14.8 Å². The molecule has 1 atom stereocenters. The summed E-state index contributed by atoms with van der Waals surface area (Å²) in [4.78, 5) is 13.5. The average molecular weight is 331 g/mol. The highest BCUT2D eigenvalue weighted by Gasteiger charge is 2.18. The molecule has 0 aliphatic rings. The van der Waals surface area contributed by atoms with Gasteiger partial charge in [0.1, 0.15) is 11.5 Å². The highest BCUT2D eigenvalue weighted by molar-refractivity contribution is 7.98. The van der Waals surface area contributed by atoms with Gasteiger partial charge in [-0.05, 0) is 55.1 Å². The molecule has 0 saturated heterocycles. The number of carbonyl (C=O) groups is 1. The van der Waals surface area contributed by atoms with Crippen LogP contribution in [0.25, 0.3) is 0 Å². The summed E-state index contributed by atoms with van der Waals surface area (Å²) in [7, 11) is 1.61. The van der Waals surface area contributed by atoms with Crippen LogP contribution in [0.2, 0.25) is 0 Å². The fraction of sp³-hybridized carbons (Fsp3) is 0.278. The Bertz CT molecular complexity index is 643. The Kier molecular flexibility index (Phi) is 6.35. The summed E-state index contributed by atoms with van der Waals surface area (Å²) in [5, 5.41) is 2.91. The monoisotopic (exact) mass is 331 g/mol. The molecule has 2 aromatic rings. The summed E-state index contributed by atoms with van der Waals surface area (Å²) in [6.45, 7) is 1.92. The normalized spacial score (nSPS) is 11.6. The minimum atomic E-state index is -0.540. The van der Waals surface area contributed by atoms with E-state index in [-0.39, 0.29) is 5.91 Å². The second kappa shape index (κ2) is 8.48. The lowest BCUT2D eigenvalue weighted by Crippen LogP contribution is -2.32. The minimum absolute atomic E-state index is 0.151. The lowest BCUT2D eigenvalue weighted by molar-refractivity contribution is -0.122. The summed E-state index contributed by atoms with van der Waals surface area (Å²) in [6.07, 6.45) is 2.05. The smallest absolute Gasteiger partial charge is 0.265 e. The summed E-state index contributed by atoms with van der Waals surface area (Å²) in [6, 6.07) is 15.0. The van der Waals surface area contributed by atoms with E-state index in [1.807, 2.05) is 49.6 Å². The van der Waals surface area contributed by atoms with Crippen molar-refractivity contribution in [2.24, 2.45) is 0 Å². The minimum Gasteiger partial charge on any atom is -0.497 e. The van der Waals surface area contributed by atoms with Crippen LogP contribution < -0.4 is 14.8 Å². The molecular weight excluding hydrogens is 310 g/mol. The van der Waals surface area contributed by atoms with Crippen molar-refractivity contribution in [3.63, 3.8) is 0 Å². The van der Waals surface area contributed by atoms with Gasteiger partial charge in [0.05, 0.1) is 7.11 Å². The van der Waals surface area contributed by atoms with E-state index in [4.69, 9.17) is 9.47 Å². The Morgan fingerprint density at radius 2 is 1.87 bits per heavy atom. The Morgan fingerprint density at radius 1 is 1.17 bits per heavy atom. The molecule has 0 aromatic heterocycles. The van der Waals surface area contributed by atoms with Crippen LogP contribution in [-0.2, 0) is 4.79 Å². The topological polar surface area (TPSA) is 47.6 Å². The maximum atomic E-state index is 12.4. The molecular formula is C18H21NO3S. The molecule has 0 aliphatic carbocycles. The molecule has 0 bridgehead atoms. The first-order valence-corrected chi connectivity index (χ1v) is 8.64. The molecule has 1 N–H and O–H groups in total. The third-order valence-electron chi connectivity index (χ3n) is 3.34. The Balaban J connectivity index is 2.02. The third-order valence-corrected chi connectivity index (χ3v) is 4.06. The zero-order valence-corrected chi connectivity index (χ0v) is 14.4. The van der Waals surface area contributed by atoms with Gasteiger partial charge in [-0.1, -0.05) is 13.0 Å². The van der Waals surface area contributed by atoms with Crippen LogP contribution in [0.15, 0.2) is 53.4 Å². The van der Waals surface area contributed by atoms with Gasteiger partial charge in [-0.3, -0.25) is 4.79 Å². The number of rotatable bonds is 7. The second-order valence-corrected chi connectivity index (χ2v) is 5.79. The van der Waals surface area contributed by atoms with Crippen molar-refractivity contribution in [1.82, 2.24) is 0 Å². The summed E-state index contributed by atoms with van der Waals surface area (Å²) >= 11 is 1.64. The quantitative estimate of drug-likeness (QED) is 0.772. The number of thioether (sulfide) groups is 1. The molecule has 2 rings (SSSR count). The van der Waals surface area contributed by atoms with Crippen LogP contribution in [0, 0.1) is 0 Å². The average Bonchev–Trinajstić information content (AvgIpc) is 2.60. The van der Waals surface area contributed by atoms with Gasteiger partial charge in [0.2, 0.25) is 0 Å². The zero-order chi connectivity index (χ0) is 16.7. The second-order valence-electron chi connectivity index (χ2n) is 4.91. The first kappa shape index (κ1) is 17.2. The number of benzene rings is 2. The standard InChI is InChI=1S/C18H21NO3S/c1-4-17(22-15-10-8-14(21-2)9-11-15)18(20)19-13-6-5-7-16(12-13)23-3/h5-12,17H,4H2,1-3H3,(H,19,20)/t17-/m0/s1. The molecule has 0 heterocycles. The lowest BCUT2D eigenvalue weighted by Gasteiger charge is -2.17. The fourth-order valence-corrected chi connectivity index (χ4v) is 2.52. The number of amides is 1. The van der Waals surface area contributed by atoms with E-state index in [0.717, 1.165) is 16.3 Å². The first-order valence-electron chi connectivity index (χ1n) is 7.42. The first-order chi connectivity index (χ1) is 11.2. The molecule has 23 heavy (non-hydrogen) atoms. The molecule has 4 nitrogen and oxygen atoms in total. The van der Waals surface area contributed by atoms with E-state index in [0.29, 0.717) is 12.2 Å². The number of anilines is 1. The third kappa shape index (κ3) is 4.93. The maximum Gasteiger partial charge on any atom is 0.265 e. The van der Waals surface area contributed by atoms with Crippen LogP contribution in [0.5, 0.6) is 11.5 Å². The molecule has 0 aliphatic heterocycles. The van der Waals surface area contributed by atoms with Crippen LogP contribution in [0.1, 0.15) is 13.3 Å². The number of nitrogens with one attached hydrogen (secondary N) is 1. The highest BCUT2D eigenvalue weighted by atomic mass is 32.2. The Morgan fingerprint density at radius 3 is 2.48 bits per heavy atom. The van der Waals surface area contributed by atoms with E-state index >= 15 is 0 Å². The number of carbonyl (C=O) groups excluding carboxylic acids is 1. The van der Waals surface area contributed by atoms with Crippen molar-refractivity contribution < 1.29 is 14.3 Å². The van der Waals surface area contributed by atoms with E-state index in [2.05, 4.69) is 5.32 Å². The molecule has 5 heteroatoms.